The standard InChI is InChI=1S/2HI.4H2N.Pd/h2*1H;4*1H2;/q;;4*-1;+6/p-2. The van der Waals surface area contributed by atoms with Crippen LogP contribution in [-0.4, -0.2) is 0 Å². The van der Waals surface area contributed by atoms with Gasteiger partial charge in [0.15, 0.2) is 0 Å². The maximum absolute atomic E-state index is 5.31. The molecule has 0 bridgehead atoms. The summed E-state index contributed by atoms with van der Waals surface area (Å²) in [5, 5.41) is 0. The van der Waals surface area contributed by atoms with Crippen molar-refractivity contribution < 1.29 is 6.85 Å². The van der Waals surface area contributed by atoms with Crippen LogP contribution >= 0.6 is 39.0 Å². The van der Waals surface area contributed by atoms with Crippen molar-refractivity contribution in [2.45, 2.75) is 0 Å². The van der Waals surface area contributed by atoms with Crippen molar-refractivity contribution in [1.29, 1.82) is 0 Å². The summed E-state index contributed by atoms with van der Waals surface area (Å²) in [7, 11) is 0. The summed E-state index contributed by atoms with van der Waals surface area (Å²) in [6.07, 6.45) is 0. The van der Waals surface area contributed by atoms with Crippen molar-refractivity contribution in [3.8, 4) is 0 Å². The molecule has 7 heavy (non-hydrogen) atoms. The first-order valence-corrected chi connectivity index (χ1v) is 13.8. The van der Waals surface area contributed by atoms with E-state index < -0.39 is 6.85 Å². The van der Waals surface area contributed by atoms with Gasteiger partial charge in [0.2, 0.25) is 0 Å². The second-order valence-electron chi connectivity index (χ2n) is 1.23. The average Bonchev–Trinajstić information content (AvgIpc) is 0.592. The zero-order valence-corrected chi connectivity index (χ0v) is 9.25. The molecule has 0 heterocycles. The van der Waals surface area contributed by atoms with Gasteiger partial charge in [0, 0.05) is 0 Å². The zero-order chi connectivity index (χ0) is 6.41. The normalized spacial score (nSPS) is 23.1. The monoisotopic (exact) mass is 424 g/mol. The van der Waals surface area contributed by atoms with Gasteiger partial charge in [0.05, 0.1) is 0 Å². The molecule has 0 aromatic rings. The molecule has 0 aliphatic heterocycles. The van der Waals surface area contributed by atoms with Gasteiger partial charge in [-0.1, -0.05) is 0 Å². The minimum absolute atomic E-state index is 1.71. The fourth-order valence-electron chi connectivity index (χ4n) is 0. The average molecular weight is 424 g/mol. The van der Waals surface area contributed by atoms with E-state index in [1.807, 2.05) is 0 Å². The van der Waals surface area contributed by atoms with Gasteiger partial charge in [-0.05, 0) is 0 Å². The summed E-state index contributed by atoms with van der Waals surface area (Å²) >= 11 is 3.41. The molecule has 0 unspecified atom stereocenters. The van der Waals surface area contributed by atoms with E-state index >= 15 is 0 Å². The third kappa shape index (κ3) is 73.5. The van der Waals surface area contributed by atoms with Crippen LogP contribution in [0, 0.1) is 0 Å². The van der Waals surface area contributed by atoms with Crippen LogP contribution < -0.4 is 17.5 Å². The fraction of sp³-hybridized carbons (Fsp3) is 0. The van der Waals surface area contributed by atoms with Crippen molar-refractivity contribution in [1.82, 2.24) is 0 Å². The number of rotatable bonds is 0. The number of nitrogens with two attached hydrogens (primary N) is 4. The molecule has 0 aromatic heterocycles. The van der Waals surface area contributed by atoms with Crippen LogP contribution in [0.2, 0.25) is 0 Å². The molecule has 0 radical (unpaired) electrons. The van der Waals surface area contributed by atoms with Crippen LogP contribution in [0.3, 0.4) is 0 Å². The topological polar surface area (TPSA) is 104 Å². The van der Waals surface area contributed by atoms with Crippen molar-refractivity contribution in [3.63, 3.8) is 0 Å². The first-order valence-electron chi connectivity index (χ1n) is 0.969. The molecule has 0 spiro atoms. The fourth-order valence-corrected chi connectivity index (χ4v) is 0. The Morgan fingerprint density at radius 3 is 0.857 bits per heavy atom. The van der Waals surface area contributed by atoms with Crippen LogP contribution in [0.25, 0.3) is 0 Å². The Balaban J connectivity index is 4.43. The zero-order valence-electron chi connectivity index (χ0n) is 3.38. The second-order valence-corrected chi connectivity index (χ2v) is 37.7. The predicted octanol–water partition coefficient (Wildman–Crippen LogP) is -0.594. The van der Waals surface area contributed by atoms with Crippen LogP contribution in [-0.2, 0) is 6.85 Å². The summed E-state index contributed by atoms with van der Waals surface area (Å²) in [6.45, 7) is -3.98. The number of hydrogen-bond acceptors (Lipinski definition) is 4. The Labute approximate surface area is 62.3 Å². The Hall–Kier alpha value is 1.96. The second kappa shape index (κ2) is 1.34. The maximum atomic E-state index is 5.31. The van der Waals surface area contributed by atoms with Gasteiger partial charge in [-0.25, -0.2) is 0 Å². The van der Waals surface area contributed by atoms with Gasteiger partial charge in [0.25, 0.3) is 0 Å². The van der Waals surface area contributed by atoms with E-state index in [2.05, 4.69) is 0 Å². The van der Waals surface area contributed by atoms with Gasteiger partial charge in [-0.3, -0.25) is 0 Å². The molecular formula is H8I2N4Pd. The molecule has 0 fully saturated rings. The molecule has 0 aromatic carbocycles. The van der Waals surface area contributed by atoms with E-state index in [-0.39, 0.29) is 0 Å². The van der Waals surface area contributed by atoms with Crippen molar-refractivity contribution >= 4 is 39.0 Å². The van der Waals surface area contributed by atoms with E-state index in [4.69, 9.17) is 17.5 Å². The quantitative estimate of drug-likeness (QED) is 0.308. The van der Waals surface area contributed by atoms with Gasteiger partial charge in [0.1, 0.15) is 0 Å². The van der Waals surface area contributed by atoms with Gasteiger partial charge >= 0.3 is 63.3 Å². The molecule has 0 atom stereocenters. The Morgan fingerprint density at radius 2 is 0.857 bits per heavy atom. The predicted molar refractivity (Wildman–Crippen MR) is 44.8 cm³/mol. The van der Waals surface area contributed by atoms with Gasteiger partial charge in [-0.2, -0.15) is 0 Å². The Bertz CT molecular complexity index is 68.3. The Kier molecular flexibility index (Phi) is 1.72. The van der Waals surface area contributed by atoms with Gasteiger partial charge < -0.3 is 0 Å². The Morgan fingerprint density at radius 1 is 0.857 bits per heavy atom. The molecule has 52 valence electrons. The third-order valence-corrected chi connectivity index (χ3v) is 0. The molecule has 0 amide bonds. The van der Waals surface area contributed by atoms with Crippen LogP contribution in [0.15, 0.2) is 0 Å². The van der Waals surface area contributed by atoms with Crippen LogP contribution in [0.1, 0.15) is 0 Å². The van der Waals surface area contributed by atoms with E-state index in [1.165, 1.54) is 0 Å². The van der Waals surface area contributed by atoms with E-state index in [9.17, 15) is 0 Å². The molecule has 0 aliphatic rings. The number of halogens is 2. The third-order valence-electron chi connectivity index (χ3n) is 0. The number of hydrogen-bond donors (Lipinski definition) is 4. The summed E-state index contributed by atoms with van der Waals surface area (Å²) in [6, 6.07) is 0. The first kappa shape index (κ1) is 8.96. The summed E-state index contributed by atoms with van der Waals surface area (Å²) < 4.78 is 21.2. The van der Waals surface area contributed by atoms with Crippen molar-refractivity contribution in [3.05, 3.63) is 0 Å². The van der Waals surface area contributed by atoms with E-state index in [0.717, 1.165) is 0 Å². The molecule has 7 heteroatoms. The summed E-state index contributed by atoms with van der Waals surface area (Å²) in [4.78, 5) is 0. The molecule has 4 nitrogen and oxygen atoms in total. The molecule has 0 rings (SSSR count). The van der Waals surface area contributed by atoms with Gasteiger partial charge in [-0.15, -0.1) is 0 Å². The van der Waals surface area contributed by atoms with Crippen molar-refractivity contribution in [2.24, 2.45) is 17.5 Å². The van der Waals surface area contributed by atoms with E-state index in [1.54, 1.807) is 39.0 Å². The molecule has 0 saturated carbocycles. The SMILES string of the molecule is [NH2][Pd]([NH2])([NH2])([NH2])([I])[I]. The van der Waals surface area contributed by atoms with Crippen LogP contribution in [0.5, 0.6) is 0 Å². The molecule has 8 N–H and O–H groups in total. The summed E-state index contributed by atoms with van der Waals surface area (Å²) in [5.41, 5.74) is 0. The molecule has 0 aliphatic carbocycles. The first-order chi connectivity index (χ1) is 2.45. The molecule has 0 saturated heterocycles. The molecular weight excluding hydrogens is 416 g/mol. The van der Waals surface area contributed by atoms with Crippen LogP contribution in [0.4, 0.5) is 0 Å². The summed E-state index contributed by atoms with van der Waals surface area (Å²) in [5.74, 6) is 0. The van der Waals surface area contributed by atoms with E-state index in [0.29, 0.717) is 0 Å². The van der Waals surface area contributed by atoms with Crippen molar-refractivity contribution in [2.75, 3.05) is 0 Å². The minimum atomic E-state index is -3.98.